The Morgan fingerprint density at radius 3 is 2.51 bits per heavy atom. The van der Waals surface area contributed by atoms with Crippen LogP contribution in [-0.4, -0.2) is 42.6 Å². The Hall–Kier alpha value is -4.28. The van der Waals surface area contributed by atoms with Gasteiger partial charge in [-0.25, -0.2) is 5.01 Å². The van der Waals surface area contributed by atoms with E-state index in [4.69, 9.17) is 9.15 Å². The Morgan fingerprint density at radius 1 is 1.09 bits per heavy atom. The zero-order chi connectivity index (χ0) is 25.0. The van der Waals surface area contributed by atoms with Gasteiger partial charge in [-0.2, -0.15) is 5.10 Å². The average Bonchev–Trinajstić information content (AvgIpc) is 3.38. The summed E-state index contributed by atoms with van der Waals surface area (Å²) in [5, 5.41) is 8.30. The number of hydrogen-bond acceptors (Lipinski definition) is 6. The Balaban J connectivity index is 1.50. The normalized spacial score (nSPS) is 13.7. The highest BCUT2D eigenvalue weighted by atomic mass is 19.4. The Labute approximate surface area is 197 Å². The fourth-order valence-electron chi connectivity index (χ4n) is 3.50. The molecule has 8 nitrogen and oxygen atoms in total. The van der Waals surface area contributed by atoms with Gasteiger partial charge in [-0.1, -0.05) is 0 Å². The number of ether oxygens (including phenoxy) is 2. The van der Waals surface area contributed by atoms with Crippen LogP contribution in [0.2, 0.25) is 0 Å². The monoisotopic (exact) mass is 487 g/mol. The number of carbonyl (C=O) groups is 2. The van der Waals surface area contributed by atoms with Crippen LogP contribution in [0.1, 0.15) is 39.3 Å². The predicted octanol–water partition coefficient (Wildman–Crippen LogP) is 5.08. The van der Waals surface area contributed by atoms with Crippen LogP contribution in [0.15, 0.2) is 70.4 Å². The number of rotatable bonds is 6. The second kappa shape index (κ2) is 9.92. The van der Waals surface area contributed by atoms with Crippen LogP contribution < -0.4 is 14.8 Å². The highest BCUT2D eigenvalue weighted by Crippen LogP contribution is 2.34. The summed E-state index contributed by atoms with van der Waals surface area (Å²) in [5.41, 5.74) is 1.64. The van der Waals surface area contributed by atoms with Crippen molar-refractivity contribution in [2.24, 2.45) is 5.10 Å². The van der Waals surface area contributed by atoms with Crippen molar-refractivity contribution in [2.75, 3.05) is 19.0 Å². The van der Waals surface area contributed by atoms with Gasteiger partial charge >= 0.3 is 6.36 Å². The third kappa shape index (κ3) is 5.81. The lowest BCUT2D eigenvalue weighted by atomic mass is 10.0. The van der Waals surface area contributed by atoms with Gasteiger partial charge in [-0.3, -0.25) is 9.59 Å². The molecule has 0 bridgehead atoms. The molecule has 0 atom stereocenters. The van der Waals surface area contributed by atoms with E-state index in [0.29, 0.717) is 41.9 Å². The molecule has 1 aromatic heterocycles. The Bertz CT molecular complexity index is 1240. The van der Waals surface area contributed by atoms with Crippen molar-refractivity contribution in [2.45, 2.75) is 19.2 Å². The van der Waals surface area contributed by atoms with E-state index >= 15 is 0 Å². The molecular formula is C24H20F3N3O5. The van der Waals surface area contributed by atoms with Crippen LogP contribution in [0.25, 0.3) is 0 Å². The largest absolute Gasteiger partial charge is 0.573 e. The number of nitrogens with one attached hydrogen (secondary N) is 1. The zero-order valence-corrected chi connectivity index (χ0v) is 18.5. The lowest BCUT2D eigenvalue weighted by Crippen LogP contribution is -2.32. The number of alkyl halides is 3. The Morgan fingerprint density at radius 2 is 1.86 bits per heavy atom. The van der Waals surface area contributed by atoms with Gasteiger partial charge in [0.05, 0.1) is 19.1 Å². The number of benzene rings is 2. The highest BCUT2D eigenvalue weighted by Gasteiger charge is 2.33. The van der Waals surface area contributed by atoms with Crippen LogP contribution in [0.5, 0.6) is 11.5 Å². The van der Waals surface area contributed by atoms with Crippen LogP contribution in [0, 0.1) is 0 Å². The van der Waals surface area contributed by atoms with Crippen LogP contribution in [0.4, 0.5) is 18.9 Å². The van der Waals surface area contributed by atoms with Crippen molar-refractivity contribution >= 4 is 23.2 Å². The number of carbonyl (C=O) groups excluding carboxylic acids is 2. The third-order valence-corrected chi connectivity index (χ3v) is 5.12. The summed E-state index contributed by atoms with van der Waals surface area (Å²) in [7, 11) is 1.24. The highest BCUT2D eigenvalue weighted by molar-refractivity contribution is 6.04. The molecule has 35 heavy (non-hydrogen) atoms. The molecule has 0 aliphatic carbocycles. The van der Waals surface area contributed by atoms with Gasteiger partial charge in [0.15, 0.2) is 17.3 Å². The molecule has 1 N–H and O–H groups in total. The summed E-state index contributed by atoms with van der Waals surface area (Å²) < 4.78 is 52.4. The Kier molecular flexibility index (Phi) is 6.76. The van der Waals surface area contributed by atoms with Crippen LogP contribution in [-0.2, 0) is 0 Å². The maximum Gasteiger partial charge on any atom is 0.573 e. The smallest absolute Gasteiger partial charge is 0.493 e. The minimum atomic E-state index is -4.88. The summed E-state index contributed by atoms with van der Waals surface area (Å²) in [6.45, 7) is 0.349. The van der Waals surface area contributed by atoms with Crippen molar-refractivity contribution in [3.8, 4) is 11.5 Å². The molecule has 1 aliphatic rings. The van der Waals surface area contributed by atoms with E-state index in [2.05, 4.69) is 15.2 Å². The maximum atomic E-state index is 13.0. The molecular weight excluding hydrogens is 467 g/mol. The minimum absolute atomic E-state index is 0.0744. The fourth-order valence-corrected chi connectivity index (χ4v) is 3.50. The zero-order valence-electron chi connectivity index (χ0n) is 18.5. The van der Waals surface area contributed by atoms with Crippen molar-refractivity contribution in [1.82, 2.24) is 5.01 Å². The van der Waals surface area contributed by atoms with Gasteiger partial charge in [0.2, 0.25) is 0 Å². The van der Waals surface area contributed by atoms with Gasteiger partial charge in [0.25, 0.3) is 11.8 Å². The van der Waals surface area contributed by atoms with Crippen molar-refractivity contribution in [3.63, 3.8) is 0 Å². The van der Waals surface area contributed by atoms with E-state index in [1.54, 1.807) is 36.4 Å². The van der Waals surface area contributed by atoms with Crippen molar-refractivity contribution in [3.05, 3.63) is 77.7 Å². The third-order valence-electron chi connectivity index (χ3n) is 5.12. The number of hydrazone groups is 1. The average molecular weight is 487 g/mol. The number of halogens is 3. The molecule has 1 aliphatic heterocycles. The van der Waals surface area contributed by atoms with Crippen LogP contribution >= 0.6 is 0 Å². The summed E-state index contributed by atoms with van der Waals surface area (Å²) in [6.07, 6.45) is -2.45. The number of nitrogens with zero attached hydrogens (tertiary/aromatic N) is 2. The lowest BCUT2D eigenvalue weighted by molar-refractivity contribution is -0.275. The molecule has 0 unspecified atom stereocenters. The minimum Gasteiger partial charge on any atom is -0.493 e. The number of methoxy groups -OCH3 is 1. The molecule has 0 saturated heterocycles. The van der Waals surface area contributed by atoms with Crippen molar-refractivity contribution < 1.29 is 36.7 Å². The molecule has 182 valence electrons. The molecule has 0 spiro atoms. The van der Waals surface area contributed by atoms with Gasteiger partial charge in [-0.15, -0.1) is 13.2 Å². The number of anilines is 1. The molecule has 0 saturated carbocycles. The first-order valence-corrected chi connectivity index (χ1v) is 10.5. The standard InChI is InChI=1S/C24H20F3N3O5/c1-33-19-11-8-16(14-21(19)35-24(25,26)27)18-4-2-12-30(29-18)23(32)15-6-9-17(10-7-15)28-22(31)20-5-3-13-34-20/h3,5-11,13-14H,2,4,12H2,1H3,(H,28,31). The molecule has 2 heterocycles. The quantitative estimate of drug-likeness (QED) is 0.524. The van der Waals surface area contributed by atoms with E-state index in [0.717, 1.165) is 0 Å². The second-order valence-electron chi connectivity index (χ2n) is 7.50. The van der Waals surface area contributed by atoms with E-state index in [9.17, 15) is 22.8 Å². The first-order valence-electron chi connectivity index (χ1n) is 10.5. The number of hydrogen-bond donors (Lipinski definition) is 1. The first-order chi connectivity index (χ1) is 16.7. The summed E-state index contributed by atoms with van der Waals surface area (Å²) >= 11 is 0. The summed E-state index contributed by atoms with van der Waals surface area (Å²) in [5.74, 6) is -1.22. The molecule has 3 aromatic rings. The molecule has 2 amide bonds. The van der Waals surface area contributed by atoms with Gasteiger partial charge in [0.1, 0.15) is 0 Å². The predicted molar refractivity (Wildman–Crippen MR) is 120 cm³/mol. The fraction of sp³-hybridized carbons (Fsp3) is 0.208. The van der Waals surface area contributed by atoms with E-state index in [1.807, 2.05) is 0 Å². The van der Waals surface area contributed by atoms with E-state index in [1.165, 1.54) is 36.6 Å². The molecule has 4 rings (SSSR count). The molecule has 0 radical (unpaired) electrons. The van der Waals surface area contributed by atoms with Gasteiger partial charge in [-0.05, 0) is 67.4 Å². The van der Waals surface area contributed by atoms with Crippen molar-refractivity contribution in [1.29, 1.82) is 0 Å². The lowest BCUT2D eigenvalue weighted by Gasteiger charge is -2.24. The summed E-state index contributed by atoms with van der Waals surface area (Å²) in [4.78, 5) is 25.1. The van der Waals surface area contributed by atoms with Gasteiger partial charge in [0, 0.05) is 23.4 Å². The molecule has 0 fully saturated rings. The summed E-state index contributed by atoms with van der Waals surface area (Å²) in [6, 6.07) is 13.5. The van der Waals surface area contributed by atoms with Crippen LogP contribution in [0.3, 0.4) is 0 Å². The first kappa shape index (κ1) is 23.9. The van der Waals surface area contributed by atoms with E-state index < -0.39 is 18.0 Å². The number of amides is 2. The molecule has 11 heteroatoms. The maximum absolute atomic E-state index is 13.0. The topological polar surface area (TPSA) is 93.4 Å². The SMILES string of the molecule is COc1ccc(C2=NN(C(=O)c3ccc(NC(=O)c4ccco4)cc3)CCC2)cc1OC(F)(F)F. The van der Waals surface area contributed by atoms with Gasteiger partial charge < -0.3 is 19.2 Å². The molecule has 2 aromatic carbocycles. The van der Waals surface area contributed by atoms with E-state index in [-0.39, 0.29) is 17.4 Å². The number of furan rings is 1. The second-order valence-corrected chi connectivity index (χ2v) is 7.50.